The highest BCUT2D eigenvalue weighted by molar-refractivity contribution is 9.10. The van der Waals surface area contributed by atoms with Gasteiger partial charge in [0.15, 0.2) is 0 Å². The van der Waals surface area contributed by atoms with Crippen molar-refractivity contribution in [2.75, 3.05) is 0 Å². The van der Waals surface area contributed by atoms with Crippen LogP contribution in [0.25, 0.3) is 0 Å². The Labute approximate surface area is 127 Å². The first-order valence-corrected chi connectivity index (χ1v) is 6.90. The fourth-order valence-electron chi connectivity index (χ4n) is 1.89. The first kappa shape index (κ1) is 15.4. The molecule has 6 heteroatoms. The molecule has 0 heterocycles. The van der Waals surface area contributed by atoms with E-state index in [9.17, 15) is 13.2 Å². The van der Waals surface area contributed by atoms with Gasteiger partial charge >= 0.3 is 0 Å². The van der Waals surface area contributed by atoms with Crippen molar-refractivity contribution in [1.82, 2.24) is 0 Å². The number of benzene rings is 2. The lowest BCUT2D eigenvalue weighted by atomic mass is 9.98. The Balaban J connectivity index is 2.32. The van der Waals surface area contributed by atoms with Crippen LogP contribution in [-0.4, -0.2) is 0 Å². The molecule has 0 radical (unpaired) electrons. The van der Waals surface area contributed by atoms with Crippen molar-refractivity contribution in [3.8, 4) is 0 Å². The molecule has 2 aromatic rings. The van der Waals surface area contributed by atoms with Crippen LogP contribution >= 0.6 is 27.5 Å². The Morgan fingerprint density at radius 3 is 2.45 bits per heavy atom. The van der Waals surface area contributed by atoms with Gasteiger partial charge in [-0.2, -0.15) is 0 Å². The molecular weight excluding hydrogens is 355 g/mol. The first-order valence-electron chi connectivity index (χ1n) is 5.73. The molecule has 2 rings (SSSR count). The third kappa shape index (κ3) is 3.16. The summed E-state index contributed by atoms with van der Waals surface area (Å²) in [7, 11) is 0. The zero-order chi connectivity index (χ0) is 14.9. The Bertz CT molecular complexity index is 649. The Hall–Kier alpha value is -1.04. The zero-order valence-corrected chi connectivity index (χ0v) is 12.5. The summed E-state index contributed by atoms with van der Waals surface area (Å²) in [5.41, 5.74) is 5.81. The van der Waals surface area contributed by atoms with Gasteiger partial charge in [0.05, 0.1) is 4.47 Å². The fraction of sp³-hybridized carbons (Fsp3) is 0.143. The summed E-state index contributed by atoms with van der Waals surface area (Å²) in [4.78, 5) is 0. The molecule has 0 saturated heterocycles. The fourth-order valence-corrected chi connectivity index (χ4v) is 2.42. The Morgan fingerprint density at radius 1 is 1.10 bits per heavy atom. The van der Waals surface area contributed by atoms with Crippen LogP contribution in [0.5, 0.6) is 0 Å². The lowest BCUT2D eigenvalue weighted by Crippen LogP contribution is -2.16. The second-order valence-corrected chi connectivity index (χ2v) is 5.59. The summed E-state index contributed by atoms with van der Waals surface area (Å²) in [6, 6.07) is 5.54. The van der Waals surface area contributed by atoms with E-state index in [0.29, 0.717) is 0 Å². The molecule has 0 spiro atoms. The van der Waals surface area contributed by atoms with Crippen molar-refractivity contribution < 1.29 is 13.2 Å². The smallest absolute Gasteiger partial charge is 0.143 e. The monoisotopic (exact) mass is 363 g/mol. The van der Waals surface area contributed by atoms with E-state index in [1.54, 1.807) is 0 Å². The van der Waals surface area contributed by atoms with E-state index in [2.05, 4.69) is 15.9 Å². The van der Waals surface area contributed by atoms with Crippen LogP contribution in [0.2, 0.25) is 5.02 Å². The van der Waals surface area contributed by atoms with Crippen LogP contribution in [0.3, 0.4) is 0 Å². The minimum Gasteiger partial charge on any atom is -0.324 e. The van der Waals surface area contributed by atoms with Gasteiger partial charge in [-0.15, -0.1) is 0 Å². The van der Waals surface area contributed by atoms with Crippen LogP contribution in [-0.2, 0) is 6.42 Å². The summed E-state index contributed by atoms with van der Waals surface area (Å²) in [5, 5.41) is 0.235. The highest BCUT2D eigenvalue weighted by atomic mass is 79.9. The summed E-state index contributed by atoms with van der Waals surface area (Å²) in [6.45, 7) is 0. The molecule has 0 aliphatic carbocycles. The van der Waals surface area contributed by atoms with Crippen molar-refractivity contribution in [2.24, 2.45) is 5.73 Å². The molecule has 0 amide bonds. The van der Waals surface area contributed by atoms with Gasteiger partial charge in [-0.1, -0.05) is 17.7 Å². The summed E-state index contributed by atoms with van der Waals surface area (Å²) in [6.07, 6.45) is -0.157. The quantitative estimate of drug-likeness (QED) is 0.781. The van der Waals surface area contributed by atoms with Crippen LogP contribution in [0, 0.1) is 17.5 Å². The normalized spacial score (nSPS) is 12.5. The molecule has 0 aliphatic heterocycles. The van der Waals surface area contributed by atoms with E-state index in [1.165, 1.54) is 18.2 Å². The van der Waals surface area contributed by atoms with Crippen LogP contribution in [0.4, 0.5) is 13.2 Å². The van der Waals surface area contributed by atoms with Crippen molar-refractivity contribution in [1.29, 1.82) is 0 Å². The molecule has 0 fully saturated rings. The number of halogens is 5. The van der Waals surface area contributed by atoms with Gasteiger partial charge < -0.3 is 5.73 Å². The average Bonchev–Trinajstić information content (AvgIpc) is 2.39. The molecule has 1 atom stereocenters. The molecular formula is C14H10BrClF3N. The highest BCUT2D eigenvalue weighted by Crippen LogP contribution is 2.27. The zero-order valence-electron chi connectivity index (χ0n) is 10.1. The van der Waals surface area contributed by atoms with Crippen molar-refractivity contribution >= 4 is 27.5 Å². The minimum atomic E-state index is -0.870. The van der Waals surface area contributed by atoms with Gasteiger partial charge in [0.25, 0.3) is 0 Å². The summed E-state index contributed by atoms with van der Waals surface area (Å²) >= 11 is 8.62. The van der Waals surface area contributed by atoms with Crippen LogP contribution < -0.4 is 5.73 Å². The molecule has 1 nitrogen and oxygen atoms in total. The first-order chi connectivity index (χ1) is 9.40. The predicted molar refractivity (Wildman–Crippen MR) is 76.1 cm³/mol. The van der Waals surface area contributed by atoms with Crippen LogP contribution in [0.1, 0.15) is 17.2 Å². The second kappa shape index (κ2) is 6.16. The van der Waals surface area contributed by atoms with Gasteiger partial charge in [-0.3, -0.25) is 0 Å². The molecule has 0 aliphatic rings. The van der Waals surface area contributed by atoms with Gasteiger partial charge in [0, 0.05) is 22.2 Å². The predicted octanol–water partition coefficient (Wildman–Crippen LogP) is 4.76. The van der Waals surface area contributed by atoms with Crippen molar-refractivity contribution in [2.45, 2.75) is 12.5 Å². The number of hydrogen-bond donors (Lipinski definition) is 1. The maximum atomic E-state index is 13.8. The largest absolute Gasteiger partial charge is 0.324 e. The second-order valence-electron chi connectivity index (χ2n) is 4.30. The number of hydrogen-bond acceptors (Lipinski definition) is 1. The van der Waals surface area contributed by atoms with E-state index in [0.717, 1.165) is 12.1 Å². The lowest BCUT2D eigenvalue weighted by Gasteiger charge is -2.15. The lowest BCUT2D eigenvalue weighted by molar-refractivity contribution is 0.525. The van der Waals surface area contributed by atoms with Crippen molar-refractivity contribution in [3.05, 3.63) is 68.4 Å². The Morgan fingerprint density at radius 2 is 1.80 bits per heavy atom. The van der Waals surface area contributed by atoms with Gasteiger partial charge in [0.1, 0.15) is 17.5 Å². The number of nitrogens with two attached hydrogens (primary N) is 1. The molecule has 20 heavy (non-hydrogen) atoms. The molecule has 106 valence electrons. The molecule has 2 aromatic carbocycles. The number of rotatable bonds is 3. The van der Waals surface area contributed by atoms with Crippen LogP contribution in [0.15, 0.2) is 34.8 Å². The molecule has 0 aromatic heterocycles. The minimum absolute atomic E-state index is 0.137. The summed E-state index contributed by atoms with van der Waals surface area (Å²) < 4.78 is 41.3. The molecule has 2 N–H and O–H groups in total. The topological polar surface area (TPSA) is 26.0 Å². The van der Waals surface area contributed by atoms with E-state index in [4.69, 9.17) is 17.3 Å². The van der Waals surface area contributed by atoms with Gasteiger partial charge in [0.2, 0.25) is 0 Å². The maximum Gasteiger partial charge on any atom is 0.143 e. The highest BCUT2D eigenvalue weighted by Gasteiger charge is 2.18. The van der Waals surface area contributed by atoms with Gasteiger partial charge in [-0.05, 0) is 46.6 Å². The average molecular weight is 365 g/mol. The van der Waals surface area contributed by atoms with E-state index in [1.807, 2.05) is 0 Å². The van der Waals surface area contributed by atoms with E-state index < -0.39 is 23.5 Å². The standard InChI is InChI=1S/C14H10BrClF3N/c15-10-3-4-11(17)9(14(10)19)6-13(20)8-2-1-7(16)5-12(8)18/h1-5,13H,6,20H2. The maximum absolute atomic E-state index is 13.8. The van der Waals surface area contributed by atoms with Crippen molar-refractivity contribution in [3.63, 3.8) is 0 Å². The third-order valence-electron chi connectivity index (χ3n) is 2.92. The van der Waals surface area contributed by atoms with Gasteiger partial charge in [-0.25, -0.2) is 13.2 Å². The molecule has 1 unspecified atom stereocenters. The summed E-state index contributed by atoms with van der Waals surface area (Å²) in [5.74, 6) is -2.04. The third-order valence-corrected chi connectivity index (χ3v) is 3.77. The van der Waals surface area contributed by atoms with E-state index >= 15 is 0 Å². The SMILES string of the molecule is NC(Cc1c(F)ccc(Br)c1F)c1ccc(Cl)cc1F. The molecule has 0 saturated carbocycles. The molecule has 0 bridgehead atoms. The Kier molecular flexibility index (Phi) is 4.73. The van der Waals surface area contributed by atoms with E-state index in [-0.39, 0.29) is 27.0 Å².